The summed E-state index contributed by atoms with van der Waals surface area (Å²) in [6.07, 6.45) is 7.61. The van der Waals surface area contributed by atoms with Gasteiger partial charge in [0.15, 0.2) is 0 Å². The highest BCUT2D eigenvalue weighted by molar-refractivity contribution is 5.22. The average molecular weight is 288 g/mol. The molecule has 0 radical (unpaired) electrons. The molecule has 0 bridgehead atoms. The van der Waals surface area contributed by atoms with E-state index < -0.39 is 5.60 Å². The van der Waals surface area contributed by atoms with Crippen LogP contribution in [0.2, 0.25) is 0 Å². The molecule has 0 aromatic heterocycles. The molecule has 1 aliphatic carbocycles. The van der Waals surface area contributed by atoms with E-state index in [1.165, 1.54) is 38.6 Å². The maximum absolute atomic E-state index is 10.9. The molecule has 0 spiro atoms. The van der Waals surface area contributed by atoms with Crippen LogP contribution in [0.15, 0.2) is 30.3 Å². The number of benzene rings is 1. The third-order valence-corrected chi connectivity index (χ3v) is 5.59. The van der Waals surface area contributed by atoms with Crippen molar-refractivity contribution in [1.29, 1.82) is 0 Å². The van der Waals surface area contributed by atoms with Crippen molar-refractivity contribution in [2.45, 2.75) is 50.2 Å². The van der Waals surface area contributed by atoms with Crippen molar-refractivity contribution in [3.05, 3.63) is 35.9 Å². The van der Waals surface area contributed by atoms with Gasteiger partial charge in [0.2, 0.25) is 0 Å². The van der Waals surface area contributed by atoms with Gasteiger partial charge in [0.25, 0.3) is 0 Å². The molecule has 1 aromatic carbocycles. The highest BCUT2D eigenvalue weighted by Gasteiger charge is 2.37. The lowest BCUT2D eigenvalue weighted by Gasteiger charge is -2.34. The van der Waals surface area contributed by atoms with Crippen LogP contribution in [0, 0.1) is 5.92 Å². The molecule has 1 aliphatic heterocycles. The van der Waals surface area contributed by atoms with Crippen molar-refractivity contribution < 1.29 is 5.11 Å². The van der Waals surface area contributed by atoms with Gasteiger partial charge in [0.05, 0.1) is 0 Å². The van der Waals surface area contributed by atoms with E-state index in [1.807, 2.05) is 30.3 Å². The maximum atomic E-state index is 10.9. The lowest BCUT2D eigenvalue weighted by Crippen LogP contribution is -2.41. The van der Waals surface area contributed by atoms with Crippen molar-refractivity contribution in [3.8, 4) is 0 Å². The summed E-state index contributed by atoms with van der Waals surface area (Å²) in [4.78, 5) is 2.60. The number of hydrogen-bond donors (Lipinski definition) is 2. The van der Waals surface area contributed by atoms with Gasteiger partial charge in [-0.05, 0) is 43.7 Å². The minimum absolute atomic E-state index is 0.291. The molecule has 1 aromatic rings. The maximum Gasteiger partial charge on any atom is 0.103 e. The molecular formula is C18H28N2O. The zero-order valence-corrected chi connectivity index (χ0v) is 12.9. The summed E-state index contributed by atoms with van der Waals surface area (Å²) in [6, 6.07) is 10.7. The number of hydrogen-bond acceptors (Lipinski definition) is 3. The summed E-state index contributed by atoms with van der Waals surface area (Å²) in [6.45, 7) is 2.45. The molecule has 3 nitrogen and oxygen atoms in total. The Morgan fingerprint density at radius 3 is 2.67 bits per heavy atom. The summed E-state index contributed by atoms with van der Waals surface area (Å²) < 4.78 is 0. The molecule has 0 amide bonds. The lowest BCUT2D eigenvalue weighted by atomic mass is 9.85. The standard InChI is InChI=1S/C18H28N2O/c19-14-18(21,16-7-2-1-3-8-16)11-13-20-12-10-15-6-4-5-9-17(15)20/h1-3,7-8,15,17,21H,4-6,9-14,19H2. The van der Waals surface area contributed by atoms with Gasteiger partial charge in [-0.15, -0.1) is 0 Å². The minimum atomic E-state index is -0.881. The number of nitrogens with zero attached hydrogens (tertiary/aromatic N) is 1. The molecular weight excluding hydrogens is 260 g/mol. The van der Waals surface area contributed by atoms with Crippen molar-refractivity contribution in [3.63, 3.8) is 0 Å². The van der Waals surface area contributed by atoms with Gasteiger partial charge in [-0.25, -0.2) is 0 Å². The summed E-state index contributed by atoms with van der Waals surface area (Å²) in [7, 11) is 0. The minimum Gasteiger partial charge on any atom is -0.384 e. The molecule has 1 saturated carbocycles. The Labute approximate surface area is 128 Å². The van der Waals surface area contributed by atoms with E-state index in [0.29, 0.717) is 6.54 Å². The van der Waals surface area contributed by atoms with Gasteiger partial charge in [0.1, 0.15) is 5.60 Å². The largest absolute Gasteiger partial charge is 0.384 e. The first kappa shape index (κ1) is 15.0. The van der Waals surface area contributed by atoms with Crippen LogP contribution in [0.25, 0.3) is 0 Å². The van der Waals surface area contributed by atoms with Crippen LogP contribution in [-0.4, -0.2) is 35.7 Å². The van der Waals surface area contributed by atoms with Gasteiger partial charge < -0.3 is 10.8 Å². The predicted octanol–water partition coefficient (Wildman–Crippen LogP) is 2.49. The van der Waals surface area contributed by atoms with E-state index in [2.05, 4.69) is 4.90 Å². The third kappa shape index (κ3) is 3.15. The smallest absolute Gasteiger partial charge is 0.103 e. The van der Waals surface area contributed by atoms with Gasteiger partial charge in [0, 0.05) is 19.1 Å². The van der Waals surface area contributed by atoms with E-state index in [-0.39, 0.29) is 0 Å². The second-order valence-electron chi connectivity index (χ2n) is 6.79. The van der Waals surface area contributed by atoms with E-state index in [4.69, 9.17) is 5.73 Å². The second-order valence-corrected chi connectivity index (χ2v) is 6.79. The lowest BCUT2D eigenvalue weighted by molar-refractivity contribution is 0.0218. The van der Waals surface area contributed by atoms with E-state index in [9.17, 15) is 5.11 Å². The van der Waals surface area contributed by atoms with E-state index in [0.717, 1.165) is 30.5 Å². The van der Waals surface area contributed by atoms with Gasteiger partial charge in [-0.3, -0.25) is 4.90 Å². The quantitative estimate of drug-likeness (QED) is 0.875. The molecule has 116 valence electrons. The van der Waals surface area contributed by atoms with Crippen molar-refractivity contribution >= 4 is 0 Å². The molecule has 3 unspecified atom stereocenters. The number of nitrogens with two attached hydrogens (primary N) is 1. The van der Waals surface area contributed by atoms with Gasteiger partial charge in [-0.1, -0.05) is 43.2 Å². The van der Waals surface area contributed by atoms with E-state index >= 15 is 0 Å². The molecule has 1 heterocycles. The molecule has 3 rings (SSSR count). The predicted molar refractivity (Wildman–Crippen MR) is 85.9 cm³/mol. The van der Waals surface area contributed by atoms with Gasteiger partial charge in [-0.2, -0.15) is 0 Å². The topological polar surface area (TPSA) is 49.5 Å². The fourth-order valence-corrected chi connectivity index (χ4v) is 4.22. The number of fused-ring (bicyclic) bond motifs is 1. The molecule has 3 atom stereocenters. The van der Waals surface area contributed by atoms with Crippen LogP contribution in [0.3, 0.4) is 0 Å². The van der Waals surface area contributed by atoms with Crippen LogP contribution in [-0.2, 0) is 5.60 Å². The summed E-state index contributed by atoms with van der Waals surface area (Å²) in [5.41, 5.74) is 5.96. The molecule has 2 aliphatic rings. The monoisotopic (exact) mass is 288 g/mol. The Morgan fingerprint density at radius 2 is 1.90 bits per heavy atom. The summed E-state index contributed by atoms with van der Waals surface area (Å²) >= 11 is 0. The fourth-order valence-electron chi connectivity index (χ4n) is 4.22. The molecule has 1 saturated heterocycles. The fraction of sp³-hybridized carbons (Fsp3) is 0.667. The van der Waals surface area contributed by atoms with E-state index in [1.54, 1.807) is 0 Å². The highest BCUT2D eigenvalue weighted by Crippen LogP contribution is 2.37. The Morgan fingerprint density at radius 1 is 1.14 bits per heavy atom. The number of likely N-dealkylation sites (tertiary alicyclic amines) is 1. The SMILES string of the molecule is NCC(O)(CCN1CCC2CCCCC21)c1ccccc1. The third-order valence-electron chi connectivity index (χ3n) is 5.59. The molecule has 21 heavy (non-hydrogen) atoms. The second kappa shape index (κ2) is 6.47. The summed E-state index contributed by atoms with van der Waals surface area (Å²) in [5.74, 6) is 0.904. The Balaban J connectivity index is 1.63. The summed E-state index contributed by atoms with van der Waals surface area (Å²) in [5, 5.41) is 10.9. The molecule has 2 fully saturated rings. The zero-order valence-electron chi connectivity index (χ0n) is 12.9. The Bertz CT molecular complexity index is 450. The molecule has 3 heteroatoms. The molecule has 3 N–H and O–H groups in total. The first-order chi connectivity index (χ1) is 10.2. The number of rotatable bonds is 5. The first-order valence-electron chi connectivity index (χ1n) is 8.45. The van der Waals surface area contributed by atoms with Crippen LogP contribution in [0.5, 0.6) is 0 Å². The van der Waals surface area contributed by atoms with Crippen LogP contribution < -0.4 is 5.73 Å². The average Bonchev–Trinajstić information content (AvgIpc) is 2.97. The van der Waals surface area contributed by atoms with Crippen molar-refractivity contribution in [1.82, 2.24) is 4.90 Å². The highest BCUT2D eigenvalue weighted by atomic mass is 16.3. The Kier molecular flexibility index (Phi) is 4.63. The normalized spacial score (nSPS) is 29.0. The number of aliphatic hydroxyl groups is 1. The van der Waals surface area contributed by atoms with Crippen molar-refractivity contribution in [2.75, 3.05) is 19.6 Å². The van der Waals surface area contributed by atoms with Crippen LogP contribution >= 0.6 is 0 Å². The van der Waals surface area contributed by atoms with Crippen LogP contribution in [0.4, 0.5) is 0 Å². The van der Waals surface area contributed by atoms with Gasteiger partial charge >= 0.3 is 0 Å². The van der Waals surface area contributed by atoms with Crippen molar-refractivity contribution in [2.24, 2.45) is 11.7 Å². The zero-order chi connectivity index (χ0) is 14.7. The Hall–Kier alpha value is -0.900. The van der Waals surface area contributed by atoms with Crippen LogP contribution in [0.1, 0.15) is 44.1 Å². The first-order valence-corrected chi connectivity index (χ1v) is 8.45.